The summed E-state index contributed by atoms with van der Waals surface area (Å²) < 4.78 is 0. The number of aliphatic hydroxyl groups is 1. The molecule has 0 bridgehead atoms. The molecule has 5 aliphatic rings. The minimum Gasteiger partial charge on any atom is -0.480 e. The molecule has 0 aliphatic heterocycles. The summed E-state index contributed by atoms with van der Waals surface area (Å²) >= 11 is 0. The third-order valence-corrected chi connectivity index (χ3v) is 14.7. The zero-order valence-electron chi connectivity index (χ0n) is 27.8. The van der Waals surface area contributed by atoms with Crippen LogP contribution in [-0.4, -0.2) is 50.0 Å². The van der Waals surface area contributed by atoms with Crippen molar-refractivity contribution in [3.63, 3.8) is 0 Å². The van der Waals surface area contributed by atoms with Gasteiger partial charge >= 0.3 is 5.97 Å². The Morgan fingerprint density at radius 3 is 2.39 bits per heavy atom. The zero-order valence-corrected chi connectivity index (χ0v) is 27.8. The van der Waals surface area contributed by atoms with Gasteiger partial charge in [0.05, 0.1) is 18.1 Å². The molecule has 1 heterocycles. The predicted molar refractivity (Wildman–Crippen MR) is 167 cm³/mol. The second kappa shape index (κ2) is 10.0. The van der Waals surface area contributed by atoms with Crippen LogP contribution in [-0.2, 0) is 20.8 Å². The van der Waals surface area contributed by atoms with Crippen molar-refractivity contribution in [3.8, 4) is 0 Å². The average molecular weight is 608 g/mol. The minimum atomic E-state index is -1.07. The van der Waals surface area contributed by atoms with Gasteiger partial charge in [-0.3, -0.25) is 9.59 Å². The Bertz CT molecular complexity index is 1390. The van der Waals surface area contributed by atoms with E-state index in [4.69, 9.17) is 0 Å². The summed E-state index contributed by atoms with van der Waals surface area (Å²) in [5, 5.41) is 23.8. The SMILES string of the molecule is CC1(C)[C@@H](O)CC[C@]2(C)[C@H]3C(=O)C=C4[C@@H]5C[C@@](C)(C(=O)N[C@@H](Cc6c[nH]cn6)C(=O)O)CC[C@]5(C)CC[C@@]4(C)[C@]3(C)CC[C@@H]12. The maximum atomic E-state index is 14.5. The van der Waals surface area contributed by atoms with Crippen LogP contribution in [0.15, 0.2) is 24.2 Å². The number of amides is 1. The first-order valence-electron chi connectivity index (χ1n) is 16.9. The van der Waals surface area contributed by atoms with Crippen LogP contribution in [0.3, 0.4) is 0 Å². The number of carbonyl (C=O) groups excluding carboxylic acids is 2. The number of hydrogen-bond donors (Lipinski definition) is 4. The predicted octanol–water partition coefficient (Wildman–Crippen LogP) is 5.86. The van der Waals surface area contributed by atoms with Crippen LogP contribution in [0.1, 0.15) is 112 Å². The highest BCUT2D eigenvalue weighted by Gasteiger charge is 2.70. The number of aromatic amines is 1. The molecule has 0 saturated heterocycles. The van der Waals surface area contributed by atoms with E-state index in [1.54, 1.807) is 6.20 Å². The lowest BCUT2D eigenvalue weighted by Gasteiger charge is -2.70. The molecule has 6 rings (SSSR count). The first-order chi connectivity index (χ1) is 20.4. The summed E-state index contributed by atoms with van der Waals surface area (Å²) in [7, 11) is 0. The summed E-state index contributed by atoms with van der Waals surface area (Å²) in [6.07, 6.45) is 12.8. The Morgan fingerprint density at radius 1 is 1.02 bits per heavy atom. The lowest BCUT2D eigenvalue weighted by atomic mass is 9.33. The molecule has 4 fully saturated rings. The Morgan fingerprint density at radius 2 is 1.73 bits per heavy atom. The van der Waals surface area contributed by atoms with Crippen molar-refractivity contribution >= 4 is 17.7 Å². The number of fused-ring (bicyclic) bond motifs is 7. The molecule has 1 amide bonds. The minimum absolute atomic E-state index is 0.00606. The van der Waals surface area contributed by atoms with E-state index in [-0.39, 0.29) is 63.1 Å². The molecule has 5 aliphatic carbocycles. The van der Waals surface area contributed by atoms with Crippen molar-refractivity contribution in [1.29, 1.82) is 0 Å². The lowest BCUT2D eigenvalue weighted by Crippen LogP contribution is -2.66. The van der Waals surface area contributed by atoms with Gasteiger partial charge in [-0.25, -0.2) is 9.78 Å². The fourth-order valence-corrected chi connectivity index (χ4v) is 11.5. The highest BCUT2D eigenvalue weighted by molar-refractivity contribution is 5.96. The van der Waals surface area contributed by atoms with Gasteiger partial charge in [0, 0.05) is 24.0 Å². The molecule has 1 aromatic heterocycles. The molecule has 0 radical (unpaired) electrons. The summed E-state index contributed by atoms with van der Waals surface area (Å²) in [6.45, 7) is 15.8. The van der Waals surface area contributed by atoms with Crippen LogP contribution in [0.2, 0.25) is 0 Å². The number of carboxylic acid groups (broad SMARTS) is 1. The number of aromatic nitrogens is 2. The van der Waals surface area contributed by atoms with Gasteiger partial charge in [-0.1, -0.05) is 54.0 Å². The first kappa shape index (κ1) is 31.5. The van der Waals surface area contributed by atoms with Crippen LogP contribution < -0.4 is 5.32 Å². The van der Waals surface area contributed by atoms with Gasteiger partial charge in [-0.05, 0) is 103 Å². The van der Waals surface area contributed by atoms with E-state index in [9.17, 15) is 24.6 Å². The third kappa shape index (κ3) is 4.32. The fraction of sp³-hybridized carbons (Fsp3) is 0.778. The summed E-state index contributed by atoms with van der Waals surface area (Å²) in [4.78, 5) is 47.6. The van der Waals surface area contributed by atoms with Crippen LogP contribution in [0.5, 0.6) is 0 Å². The number of carbonyl (C=O) groups is 3. The summed E-state index contributed by atoms with van der Waals surface area (Å²) in [6, 6.07) is -1.06. The van der Waals surface area contributed by atoms with Gasteiger partial charge in [0.15, 0.2) is 5.78 Å². The molecule has 8 heteroatoms. The van der Waals surface area contributed by atoms with Crippen molar-refractivity contribution in [2.24, 2.45) is 50.2 Å². The van der Waals surface area contributed by atoms with E-state index in [1.165, 1.54) is 11.9 Å². The van der Waals surface area contributed by atoms with Gasteiger partial charge in [0.25, 0.3) is 0 Å². The molecule has 4 saturated carbocycles. The van der Waals surface area contributed by atoms with E-state index in [0.717, 1.165) is 44.9 Å². The topological polar surface area (TPSA) is 132 Å². The van der Waals surface area contributed by atoms with E-state index in [1.807, 2.05) is 13.0 Å². The molecule has 10 atom stereocenters. The molecular weight excluding hydrogens is 554 g/mol. The zero-order chi connectivity index (χ0) is 32.1. The maximum Gasteiger partial charge on any atom is 0.326 e. The summed E-state index contributed by atoms with van der Waals surface area (Å²) in [5.74, 6) is -0.771. The first-order valence-corrected chi connectivity index (χ1v) is 16.9. The molecule has 0 unspecified atom stereocenters. The largest absolute Gasteiger partial charge is 0.480 e. The van der Waals surface area contributed by atoms with Crippen molar-refractivity contribution < 1.29 is 24.6 Å². The number of rotatable bonds is 5. The highest BCUT2D eigenvalue weighted by Crippen LogP contribution is 2.75. The maximum absolute atomic E-state index is 14.5. The number of imidazole rings is 1. The van der Waals surface area contributed by atoms with Gasteiger partial charge < -0.3 is 20.5 Å². The number of nitrogens with one attached hydrogen (secondary N) is 2. The van der Waals surface area contributed by atoms with Gasteiger partial charge in [-0.15, -0.1) is 0 Å². The Balaban J connectivity index is 1.33. The number of ketones is 1. The third-order valence-electron chi connectivity index (χ3n) is 14.7. The molecule has 8 nitrogen and oxygen atoms in total. The number of hydrogen-bond acceptors (Lipinski definition) is 5. The standard InChI is InChI=1S/C36H53N3O5/c1-31(2)26-8-11-36(7)28(34(26,5)10-9-27(31)41)25(40)17-22-23-18-33(4,13-12-32(23,3)14-15-35(22,36)6)30(44)39-24(29(42)43)16-21-19-37-20-38-21/h17,19-20,23-24,26-28,41H,8-16,18H2,1-7H3,(H,37,38)(H,39,44)(H,42,43)/t23-,24-,26-,27-,28+,32+,33-,34-,35+,36+/m0/s1. The quantitative estimate of drug-likeness (QED) is 0.331. The van der Waals surface area contributed by atoms with Gasteiger partial charge in [0.1, 0.15) is 6.04 Å². The number of aliphatic hydroxyl groups excluding tert-OH is 1. The second-order valence-corrected chi connectivity index (χ2v) is 17.3. The summed E-state index contributed by atoms with van der Waals surface area (Å²) in [5.41, 5.74) is 0.320. The highest BCUT2D eigenvalue weighted by atomic mass is 16.4. The molecule has 1 aromatic rings. The molecule has 242 valence electrons. The number of carboxylic acids is 1. The van der Waals surface area contributed by atoms with Crippen molar-refractivity contribution in [1.82, 2.24) is 15.3 Å². The normalized spacial score (nSPS) is 45.1. The number of allylic oxidation sites excluding steroid dienone is 2. The Labute approximate surface area is 262 Å². The van der Waals surface area contributed by atoms with Crippen LogP contribution in [0.4, 0.5) is 0 Å². The smallest absolute Gasteiger partial charge is 0.326 e. The van der Waals surface area contributed by atoms with Crippen LogP contribution in [0, 0.1) is 50.2 Å². The van der Waals surface area contributed by atoms with E-state index < -0.39 is 17.4 Å². The molecule has 0 spiro atoms. The van der Waals surface area contributed by atoms with Crippen molar-refractivity contribution in [2.75, 3.05) is 0 Å². The van der Waals surface area contributed by atoms with E-state index >= 15 is 0 Å². The molecule has 0 aromatic carbocycles. The number of nitrogens with zero attached hydrogens (tertiary/aromatic N) is 1. The van der Waals surface area contributed by atoms with Crippen molar-refractivity contribution in [3.05, 3.63) is 29.9 Å². The average Bonchev–Trinajstić information content (AvgIpc) is 3.46. The lowest BCUT2D eigenvalue weighted by molar-refractivity contribution is -0.202. The Kier molecular flexibility index (Phi) is 7.16. The van der Waals surface area contributed by atoms with E-state index in [2.05, 4.69) is 56.8 Å². The van der Waals surface area contributed by atoms with Crippen LogP contribution >= 0.6 is 0 Å². The second-order valence-electron chi connectivity index (χ2n) is 17.3. The number of H-pyrrole nitrogens is 1. The monoisotopic (exact) mass is 607 g/mol. The molecule has 44 heavy (non-hydrogen) atoms. The van der Waals surface area contributed by atoms with Gasteiger partial charge in [0.2, 0.25) is 5.91 Å². The molecular formula is C36H53N3O5. The fourth-order valence-electron chi connectivity index (χ4n) is 11.5. The van der Waals surface area contributed by atoms with Gasteiger partial charge in [-0.2, -0.15) is 0 Å². The van der Waals surface area contributed by atoms with Crippen molar-refractivity contribution in [2.45, 2.75) is 125 Å². The van der Waals surface area contributed by atoms with Crippen LogP contribution in [0.25, 0.3) is 0 Å². The van der Waals surface area contributed by atoms with E-state index in [0.29, 0.717) is 24.5 Å². The number of aliphatic carboxylic acids is 1. The molecule has 4 N–H and O–H groups in total. The Hall–Kier alpha value is -2.48.